The van der Waals surface area contributed by atoms with E-state index in [4.69, 9.17) is 6.42 Å². The Balaban J connectivity index is 2.57. The predicted octanol–water partition coefficient (Wildman–Crippen LogP) is 2.81. The van der Waals surface area contributed by atoms with Crippen molar-refractivity contribution in [2.45, 2.75) is 32.7 Å². The number of terminal acetylenes is 1. The van der Waals surface area contributed by atoms with Crippen molar-refractivity contribution in [2.75, 3.05) is 5.32 Å². The SMILES string of the molecule is C#CC(CCC)NC(=O)Nc1ccc(C(C)=O)cc1. The summed E-state index contributed by atoms with van der Waals surface area (Å²) in [4.78, 5) is 22.8. The average Bonchev–Trinajstić information content (AvgIpc) is 2.38. The summed E-state index contributed by atoms with van der Waals surface area (Å²) < 4.78 is 0. The summed E-state index contributed by atoms with van der Waals surface area (Å²) in [5.74, 6) is 2.52. The minimum absolute atomic E-state index is 0.00802. The highest BCUT2D eigenvalue weighted by molar-refractivity contribution is 5.95. The van der Waals surface area contributed by atoms with E-state index in [1.165, 1.54) is 6.92 Å². The third-order valence-electron chi connectivity index (χ3n) is 2.63. The summed E-state index contributed by atoms with van der Waals surface area (Å²) in [6.45, 7) is 3.50. The Hall–Kier alpha value is -2.28. The van der Waals surface area contributed by atoms with Gasteiger partial charge in [0.1, 0.15) is 0 Å². The van der Waals surface area contributed by atoms with Gasteiger partial charge in [0.05, 0.1) is 6.04 Å². The Labute approximate surface area is 113 Å². The molecule has 1 unspecified atom stereocenters. The molecule has 1 rings (SSSR count). The van der Waals surface area contributed by atoms with Crippen LogP contribution >= 0.6 is 0 Å². The fourth-order valence-electron chi connectivity index (χ4n) is 1.60. The van der Waals surface area contributed by atoms with Crippen LogP contribution in [0.4, 0.5) is 10.5 Å². The third kappa shape index (κ3) is 4.84. The lowest BCUT2D eigenvalue weighted by atomic mass is 10.1. The van der Waals surface area contributed by atoms with E-state index in [9.17, 15) is 9.59 Å². The minimum atomic E-state index is -0.341. The molecule has 0 fully saturated rings. The number of rotatable bonds is 5. The summed E-state index contributed by atoms with van der Waals surface area (Å²) in [6.07, 6.45) is 6.97. The molecular formula is C15H18N2O2. The number of hydrogen-bond donors (Lipinski definition) is 2. The van der Waals surface area contributed by atoms with Gasteiger partial charge in [-0.05, 0) is 37.6 Å². The van der Waals surface area contributed by atoms with Crippen LogP contribution in [0.3, 0.4) is 0 Å². The van der Waals surface area contributed by atoms with Crippen LogP contribution < -0.4 is 10.6 Å². The van der Waals surface area contributed by atoms with Crippen LogP contribution in [0, 0.1) is 12.3 Å². The van der Waals surface area contributed by atoms with E-state index in [0.29, 0.717) is 11.3 Å². The smallest absolute Gasteiger partial charge is 0.320 e. The van der Waals surface area contributed by atoms with Gasteiger partial charge in [0.2, 0.25) is 0 Å². The molecular weight excluding hydrogens is 240 g/mol. The molecule has 0 bridgehead atoms. The maximum Gasteiger partial charge on any atom is 0.320 e. The summed E-state index contributed by atoms with van der Waals surface area (Å²) in [5, 5.41) is 5.37. The molecule has 0 aromatic heterocycles. The van der Waals surface area contributed by atoms with E-state index in [1.807, 2.05) is 6.92 Å². The van der Waals surface area contributed by atoms with Gasteiger partial charge >= 0.3 is 6.03 Å². The van der Waals surface area contributed by atoms with E-state index in [1.54, 1.807) is 24.3 Å². The van der Waals surface area contributed by atoms with Crippen molar-refractivity contribution in [1.82, 2.24) is 5.32 Å². The molecule has 0 saturated heterocycles. The lowest BCUT2D eigenvalue weighted by molar-refractivity contribution is 0.101. The minimum Gasteiger partial charge on any atom is -0.324 e. The van der Waals surface area contributed by atoms with Crippen molar-refractivity contribution in [3.63, 3.8) is 0 Å². The van der Waals surface area contributed by atoms with Gasteiger partial charge in [-0.2, -0.15) is 0 Å². The van der Waals surface area contributed by atoms with Crippen molar-refractivity contribution in [3.8, 4) is 12.3 Å². The second-order valence-corrected chi connectivity index (χ2v) is 4.24. The number of ketones is 1. The van der Waals surface area contributed by atoms with Crippen LogP contribution in [0.15, 0.2) is 24.3 Å². The molecule has 1 aromatic carbocycles. The van der Waals surface area contributed by atoms with E-state index in [2.05, 4.69) is 16.6 Å². The van der Waals surface area contributed by atoms with Crippen molar-refractivity contribution in [3.05, 3.63) is 29.8 Å². The molecule has 4 heteroatoms. The third-order valence-corrected chi connectivity index (χ3v) is 2.63. The Morgan fingerprint density at radius 3 is 2.42 bits per heavy atom. The molecule has 2 N–H and O–H groups in total. The first-order valence-corrected chi connectivity index (χ1v) is 6.21. The molecule has 1 aromatic rings. The van der Waals surface area contributed by atoms with E-state index in [0.717, 1.165) is 12.8 Å². The van der Waals surface area contributed by atoms with E-state index < -0.39 is 0 Å². The standard InChI is InChI=1S/C15H18N2O2/c1-4-6-13(5-2)16-15(19)17-14-9-7-12(8-10-14)11(3)18/h2,7-10,13H,4,6H2,1,3H3,(H2,16,17,19). The van der Waals surface area contributed by atoms with Crippen LogP contribution in [0.2, 0.25) is 0 Å². The van der Waals surface area contributed by atoms with Crippen LogP contribution in [-0.4, -0.2) is 17.9 Å². The van der Waals surface area contributed by atoms with Crippen LogP contribution in [-0.2, 0) is 0 Å². The van der Waals surface area contributed by atoms with Crippen LogP contribution in [0.5, 0.6) is 0 Å². The van der Waals surface area contributed by atoms with Gasteiger partial charge in [-0.15, -0.1) is 6.42 Å². The Morgan fingerprint density at radius 1 is 1.32 bits per heavy atom. The number of carbonyl (C=O) groups is 2. The number of benzene rings is 1. The lowest BCUT2D eigenvalue weighted by Crippen LogP contribution is -2.36. The zero-order valence-electron chi connectivity index (χ0n) is 11.2. The van der Waals surface area contributed by atoms with Crippen LogP contribution in [0.25, 0.3) is 0 Å². The number of nitrogens with one attached hydrogen (secondary N) is 2. The number of anilines is 1. The number of urea groups is 1. The molecule has 1 atom stereocenters. The second-order valence-electron chi connectivity index (χ2n) is 4.24. The maximum absolute atomic E-state index is 11.7. The summed E-state index contributed by atoms with van der Waals surface area (Å²) in [5.41, 5.74) is 1.23. The second kappa shape index (κ2) is 7.22. The largest absolute Gasteiger partial charge is 0.324 e. The molecule has 0 heterocycles. The van der Waals surface area contributed by atoms with Gasteiger partial charge in [0.15, 0.2) is 5.78 Å². The van der Waals surface area contributed by atoms with Gasteiger partial charge in [-0.1, -0.05) is 19.3 Å². The number of carbonyl (C=O) groups excluding carboxylic acids is 2. The monoisotopic (exact) mass is 258 g/mol. The average molecular weight is 258 g/mol. The fraction of sp³-hybridized carbons (Fsp3) is 0.333. The Kier molecular flexibility index (Phi) is 5.62. The molecule has 0 aliphatic heterocycles. The quantitative estimate of drug-likeness (QED) is 0.630. The molecule has 0 aliphatic rings. The Morgan fingerprint density at radius 2 is 1.95 bits per heavy atom. The first kappa shape index (κ1) is 14.8. The van der Waals surface area contributed by atoms with Gasteiger partial charge < -0.3 is 10.6 Å². The van der Waals surface area contributed by atoms with Crippen LogP contribution in [0.1, 0.15) is 37.0 Å². The van der Waals surface area contributed by atoms with Gasteiger partial charge in [0, 0.05) is 11.3 Å². The van der Waals surface area contributed by atoms with Crippen molar-refractivity contribution in [2.24, 2.45) is 0 Å². The number of hydrogen-bond acceptors (Lipinski definition) is 2. The zero-order valence-corrected chi connectivity index (χ0v) is 11.2. The summed E-state index contributed by atoms with van der Waals surface area (Å²) >= 11 is 0. The molecule has 19 heavy (non-hydrogen) atoms. The van der Waals surface area contributed by atoms with E-state index in [-0.39, 0.29) is 17.9 Å². The molecule has 2 amide bonds. The van der Waals surface area contributed by atoms with E-state index >= 15 is 0 Å². The van der Waals surface area contributed by atoms with Gasteiger partial charge in [0.25, 0.3) is 0 Å². The van der Waals surface area contributed by atoms with Crippen molar-refractivity contribution < 1.29 is 9.59 Å². The normalized spacial score (nSPS) is 11.2. The first-order chi connectivity index (χ1) is 9.06. The highest BCUT2D eigenvalue weighted by atomic mass is 16.2. The zero-order chi connectivity index (χ0) is 14.3. The fourth-order valence-corrected chi connectivity index (χ4v) is 1.60. The Bertz CT molecular complexity index is 486. The topological polar surface area (TPSA) is 58.2 Å². The highest BCUT2D eigenvalue weighted by Crippen LogP contribution is 2.10. The lowest BCUT2D eigenvalue weighted by Gasteiger charge is -2.13. The first-order valence-electron chi connectivity index (χ1n) is 6.21. The van der Waals surface area contributed by atoms with Gasteiger partial charge in [-0.25, -0.2) is 4.79 Å². The molecule has 0 radical (unpaired) electrons. The number of Topliss-reactive ketones (excluding diaryl/α,β-unsaturated/α-hetero) is 1. The highest BCUT2D eigenvalue weighted by Gasteiger charge is 2.08. The van der Waals surface area contributed by atoms with Crippen molar-refractivity contribution >= 4 is 17.5 Å². The predicted molar refractivity (Wildman–Crippen MR) is 76.1 cm³/mol. The maximum atomic E-state index is 11.7. The molecule has 0 spiro atoms. The molecule has 0 saturated carbocycles. The molecule has 100 valence electrons. The summed E-state index contributed by atoms with van der Waals surface area (Å²) in [7, 11) is 0. The van der Waals surface area contributed by atoms with Crippen molar-refractivity contribution in [1.29, 1.82) is 0 Å². The number of amides is 2. The van der Waals surface area contributed by atoms with Gasteiger partial charge in [-0.3, -0.25) is 4.79 Å². The summed E-state index contributed by atoms with van der Waals surface area (Å²) in [6, 6.07) is 6.10. The molecule has 0 aliphatic carbocycles. The molecule has 4 nitrogen and oxygen atoms in total.